The van der Waals surface area contributed by atoms with Crippen LogP contribution in [0.2, 0.25) is 5.02 Å². The Bertz CT molecular complexity index is 294. The Kier molecular flexibility index (Phi) is 5.88. The number of rotatable bonds is 3. The van der Waals surface area contributed by atoms with Crippen molar-refractivity contribution in [1.82, 2.24) is 0 Å². The van der Waals surface area contributed by atoms with E-state index < -0.39 is 0 Å². The highest BCUT2D eigenvalue weighted by molar-refractivity contribution is 6.32. The standard InChI is InChI=1S/C9H12ClNO2.ClH/c10-8-4-6(1-2-9(8)13)3-7(11)5-12;/h1-2,4,7,12-13H,3,5,11H2;1H/t7-;/m0./s1. The molecular weight excluding hydrogens is 225 g/mol. The van der Waals surface area contributed by atoms with Crippen LogP contribution in [-0.4, -0.2) is 22.9 Å². The fourth-order valence-electron chi connectivity index (χ4n) is 1.04. The van der Waals surface area contributed by atoms with Gasteiger partial charge in [0.1, 0.15) is 5.75 Å². The maximum atomic E-state index is 9.12. The predicted molar refractivity (Wildman–Crippen MR) is 59.1 cm³/mol. The Morgan fingerprint density at radius 1 is 1.43 bits per heavy atom. The van der Waals surface area contributed by atoms with Crippen LogP contribution in [0.3, 0.4) is 0 Å². The summed E-state index contributed by atoms with van der Waals surface area (Å²) in [5, 5.41) is 18.1. The molecule has 1 rings (SSSR count). The number of halogens is 2. The molecule has 0 spiro atoms. The summed E-state index contributed by atoms with van der Waals surface area (Å²) in [5.41, 5.74) is 6.44. The second-order valence-electron chi connectivity index (χ2n) is 2.93. The van der Waals surface area contributed by atoms with E-state index in [1.165, 1.54) is 6.07 Å². The quantitative estimate of drug-likeness (QED) is 0.744. The van der Waals surface area contributed by atoms with Gasteiger partial charge in [0.2, 0.25) is 0 Å². The molecule has 0 fully saturated rings. The van der Waals surface area contributed by atoms with E-state index in [0.29, 0.717) is 11.4 Å². The monoisotopic (exact) mass is 237 g/mol. The molecule has 5 heteroatoms. The predicted octanol–water partition coefficient (Wildman–Crippen LogP) is 1.33. The Balaban J connectivity index is 0.00000169. The Morgan fingerprint density at radius 3 is 2.57 bits per heavy atom. The van der Waals surface area contributed by atoms with Gasteiger partial charge in [-0.15, -0.1) is 12.4 Å². The Labute approximate surface area is 93.9 Å². The highest BCUT2D eigenvalue weighted by Gasteiger charge is 2.04. The molecule has 0 saturated heterocycles. The lowest BCUT2D eigenvalue weighted by atomic mass is 10.1. The van der Waals surface area contributed by atoms with E-state index in [1.807, 2.05) is 0 Å². The zero-order chi connectivity index (χ0) is 9.84. The lowest BCUT2D eigenvalue weighted by molar-refractivity contribution is 0.265. The van der Waals surface area contributed by atoms with Crippen LogP contribution < -0.4 is 5.73 Å². The van der Waals surface area contributed by atoms with E-state index in [0.717, 1.165) is 5.56 Å². The molecule has 1 aromatic rings. The topological polar surface area (TPSA) is 66.5 Å². The Morgan fingerprint density at radius 2 is 2.07 bits per heavy atom. The second kappa shape index (κ2) is 6.09. The molecule has 0 aliphatic carbocycles. The van der Waals surface area contributed by atoms with E-state index in [4.69, 9.17) is 27.5 Å². The maximum Gasteiger partial charge on any atom is 0.134 e. The highest BCUT2D eigenvalue weighted by Crippen LogP contribution is 2.23. The summed E-state index contributed by atoms with van der Waals surface area (Å²) >= 11 is 5.69. The third kappa shape index (κ3) is 3.72. The molecule has 3 nitrogen and oxygen atoms in total. The summed E-state index contributed by atoms with van der Waals surface area (Å²) in [6, 6.07) is 4.62. The van der Waals surface area contributed by atoms with Gasteiger partial charge in [0, 0.05) is 6.04 Å². The van der Waals surface area contributed by atoms with Crippen molar-refractivity contribution in [3.63, 3.8) is 0 Å². The van der Waals surface area contributed by atoms with Crippen molar-refractivity contribution >= 4 is 24.0 Å². The summed E-state index contributed by atoms with van der Waals surface area (Å²) in [7, 11) is 0. The minimum atomic E-state index is -0.277. The smallest absolute Gasteiger partial charge is 0.134 e. The first-order valence-electron chi connectivity index (χ1n) is 3.97. The first-order chi connectivity index (χ1) is 6.13. The fourth-order valence-corrected chi connectivity index (χ4v) is 1.25. The lowest BCUT2D eigenvalue weighted by Crippen LogP contribution is -2.26. The first kappa shape index (κ1) is 13.5. The summed E-state index contributed by atoms with van der Waals surface area (Å²) in [5.74, 6) is 0.0583. The van der Waals surface area contributed by atoms with Gasteiger partial charge in [0.25, 0.3) is 0 Å². The summed E-state index contributed by atoms with van der Waals surface area (Å²) in [6.07, 6.45) is 0.552. The summed E-state index contributed by atoms with van der Waals surface area (Å²) in [6.45, 7) is -0.0570. The number of benzene rings is 1. The van der Waals surface area contributed by atoms with Crippen molar-refractivity contribution in [2.45, 2.75) is 12.5 Å². The van der Waals surface area contributed by atoms with Crippen LogP contribution in [0.4, 0.5) is 0 Å². The van der Waals surface area contributed by atoms with Gasteiger partial charge in [0.05, 0.1) is 11.6 Å². The molecule has 0 aromatic heterocycles. The number of aliphatic hydroxyl groups excluding tert-OH is 1. The molecule has 0 aliphatic heterocycles. The molecule has 80 valence electrons. The average molecular weight is 238 g/mol. The summed E-state index contributed by atoms with van der Waals surface area (Å²) in [4.78, 5) is 0. The highest BCUT2D eigenvalue weighted by atomic mass is 35.5. The summed E-state index contributed by atoms with van der Waals surface area (Å²) < 4.78 is 0. The number of phenols is 1. The van der Waals surface area contributed by atoms with E-state index in [9.17, 15) is 0 Å². The molecule has 1 atom stereocenters. The molecule has 1 aromatic carbocycles. The average Bonchev–Trinajstić information content (AvgIpc) is 2.11. The first-order valence-corrected chi connectivity index (χ1v) is 4.35. The number of hydrogen-bond acceptors (Lipinski definition) is 3. The molecule has 14 heavy (non-hydrogen) atoms. The van der Waals surface area contributed by atoms with Gasteiger partial charge in [-0.05, 0) is 24.1 Å². The van der Waals surface area contributed by atoms with Gasteiger partial charge in [-0.3, -0.25) is 0 Å². The molecule has 0 aliphatic rings. The molecule has 0 amide bonds. The van der Waals surface area contributed by atoms with Crippen molar-refractivity contribution in [3.05, 3.63) is 28.8 Å². The van der Waals surface area contributed by atoms with E-state index in [1.54, 1.807) is 12.1 Å². The van der Waals surface area contributed by atoms with Crippen LogP contribution in [0.25, 0.3) is 0 Å². The van der Waals surface area contributed by atoms with Gasteiger partial charge in [-0.1, -0.05) is 17.7 Å². The van der Waals surface area contributed by atoms with Crippen molar-refractivity contribution in [1.29, 1.82) is 0 Å². The van der Waals surface area contributed by atoms with Crippen LogP contribution in [0.15, 0.2) is 18.2 Å². The van der Waals surface area contributed by atoms with Gasteiger partial charge >= 0.3 is 0 Å². The van der Waals surface area contributed by atoms with Crippen LogP contribution in [-0.2, 0) is 6.42 Å². The third-order valence-electron chi connectivity index (χ3n) is 1.74. The zero-order valence-corrected chi connectivity index (χ0v) is 9.05. The molecule has 0 bridgehead atoms. The van der Waals surface area contributed by atoms with Gasteiger partial charge in [-0.25, -0.2) is 0 Å². The van der Waals surface area contributed by atoms with Crippen LogP contribution >= 0.6 is 24.0 Å². The fraction of sp³-hybridized carbons (Fsp3) is 0.333. The Hall–Kier alpha value is -0.480. The van der Waals surface area contributed by atoms with Gasteiger partial charge in [-0.2, -0.15) is 0 Å². The molecule has 0 heterocycles. The lowest BCUT2D eigenvalue weighted by Gasteiger charge is -2.08. The van der Waals surface area contributed by atoms with Gasteiger partial charge < -0.3 is 15.9 Å². The van der Waals surface area contributed by atoms with E-state index >= 15 is 0 Å². The van der Waals surface area contributed by atoms with Crippen LogP contribution in [0, 0.1) is 0 Å². The van der Waals surface area contributed by atoms with Crippen molar-refractivity contribution in [3.8, 4) is 5.75 Å². The van der Waals surface area contributed by atoms with E-state index in [2.05, 4.69) is 0 Å². The van der Waals surface area contributed by atoms with Crippen LogP contribution in [0.5, 0.6) is 5.75 Å². The normalized spacial score (nSPS) is 11.9. The molecule has 0 saturated carbocycles. The number of hydrogen-bond donors (Lipinski definition) is 3. The largest absolute Gasteiger partial charge is 0.506 e. The molecular formula is C9H13Cl2NO2. The van der Waals surface area contributed by atoms with Crippen molar-refractivity contribution in [2.75, 3.05) is 6.61 Å². The SMILES string of the molecule is Cl.N[C@H](CO)Cc1ccc(O)c(Cl)c1. The number of aliphatic hydroxyl groups is 1. The zero-order valence-electron chi connectivity index (χ0n) is 7.48. The van der Waals surface area contributed by atoms with Crippen molar-refractivity contribution in [2.24, 2.45) is 5.73 Å². The molecule has 0 unspecified atom stereocenters. The number of nitrogens with two attached hydrogens (primary N) is 1. The number of aromatic hydroxyl groups is 1. The van der Waals surface area contributed by atoms with Crippen LogP contribution in [0.1, 0.15) is 5.56 Å². The van der Waals surface area contributed by atoms with Crippen molar-refractivity contribution < 1.29 is 10.2 Å². The number of phenolic OH excluding ortho intramolecular Hbond substituents is 1. The minimum Gasteiger partial charge on any atom is -0.506 e. The van der Waals surface area contributed by atoms with E-state index in [-0.39, 0.29) is 30.8 Å². The molecule has 0 radical (unpaired) electrons. The maximum absolute atomic E-state index is 9.12. The third-order valence-corrected chi connectivity index (χ3v) is 2.05. The minimum absolute atomic E-state index is 0. The molecule has 4 N–H and O–H groups in total. The second-order valence-corrected chi connectivity index (χ2v) is 3.34. The van der Waals surface area contributed by atoms with Gasteiger partial charge in [0.15, 0.2) is 0 Å².